The van der Waals surface area contributed by atoms with E-state index in [0.717, 1.165) is 43.7 Å². The summed E-state index contributed by atoms with van der Waals surface area (Å²) in [7, 11) is 0. The van der Waals surface area contributed by atoms with Crippen LogP contribution in [-0.2, 0) is 19.5 Å². The number of aromatic nitrogens is 3. The van der Waals surface area contributed by atoms with Crippen molar-refractivity contribution in [1.29, 1.82) is 0 Å². The molecule has 29 heavy (non-hydrogen) atoms. The summed E-state index contributed by atoms with van der Waals surface area (Å²) in [5, 5.41) is 15.8. The fourth-order valence-electron chi connectivity index (χ4n) is 4.57. The molecule has 3 heterocycles. The van der Waals surface area contributed by atoms with Gasteiger partial charge in [-0.2, -0.15) is 0 Å². The molecular formula is C22H41N7. The first kappa shape index (κ1) is 22.1. The molecule has 0 saturated carbocycles. The van der Waals surface area contributed by atoms with Gasteiger partial charge in [0.15, 0.2) is 11.8 Å². The number of likely N-dealkylation sites (tertiary alicyclic amines) is 1. The minimum Gasteiger partial charge on any atom is -0.357 e. The Bertz CT molecular complexity index is 629. The van der Waals surface area contributed by atoms with Gasteiger partial charge in [0.05, 0.1) is 0 Å². The summed E-state index contributed by atoms with van der Waals surface area (Å²) in [6.45, 7) is 12.7. The van der Waals surface area contributed by atoms with Crippen molar-refractivity contribution in [2.24, 2.45) is 10.9 Å². The number of nitrogens with one attached hydrogen (secondary N) is 2. The Morgan fingerprint density at radius 1 is 0.966 bits per heavy atom. The Morgan fingerprint density at radius 2 is 1.69 bits per heavy atom. The van der Waals surface area contributed by atoms with Gasteiger partial charge in [-0.25, -0.2) is 4.99 Å². The number of guanidine groups is 1. The summed E-state index contributed by atoms with van der Waals surface area (Å²) >= 11 is 0. The van der Waals surface area contributed by atoms with Crippen LogP contribution in [0, 0.1) is 5.92 Å². The third-order valence-corrected chi connectivity index (χ3v) is 6.27. The van der Waals surface area contributed by atoms with E-state index < -0.39 is 0 Å². The largest absolute Gasteiger partial charge is 0.357 e. The van der Waals surface area contributed by atoms with E-state index in [-0.39, 0.29) is 0 Å². The number of aryl methyl sites for hydroxylation is 1. The number of aliphatic imine (C=N–C) groups is 1. The lowest BCUT2D eigenvalue weighted by molar-refractivity contribution is 0.161. The number of nitrogens with zero attached hydrogens (tertiary/aromatic N) is 5. The molecule has 1 unspecified atom stereocenters. The summed E-state index contributed by atoms with van der Waals surface area (Å²) in [5.41, 5.74) is 0. The molecule has 2 aliphatic rings. The lowest BCUT2D eigenvalue weighted by atomic mass is 10.0. The van der Waals surface area contributed by atoms with Gasteiger partial charge in [0.25, 0.3) is 0 Å². The molecule has 0 radical (unpaired) electrons. The Hall–Kier alpha value is -1.63. The van der Waals surface area contributed by atoms with Gasteiger partial charge in [0.1, 0.15) is 12.4 Å². The van der Waals surface area contributed by atoms with Gasteiger partial charge < -0.3 is 15.2 Å². The monoisotopic (exact) mass is 403 g/mol. The molecule has 2 aliphatic heterocycles. The molecule has 3 rings (SSSR count). The van der Waals surface area contributed by atoms with Crippen molar-refractivity contribution in [2.45, 2.75) is 91.3 Å². The van der Waals surface area contributed by atoms with Gasteiger partial charge in [-0.1, -0.05) is 33.1 Å². The van der Waals surface area contributed by atoms with Gasteiger partial charge >= 0.3 is 0 Å². The molecule has 1 saturated heterocycles. The van der Waals surface area contributed by atoms with Crippen molar-refractivity contribution in [2.75, 3.05) is 26.2 Å². The predicted molar refractivity (Wildman–Crippen MR) is 119 cm³/mol. The smallest absolute Gasteiger partial charge is 0.191 e. The lowest BCUT2D eigenvalue weighted by Gasteiger charge is -2.34. The van der Waals surface area contributed by atoms with Crippen molar-refractivity contribution >= 4 is 5.96 Å². The van der Waals surface area contributed by atoms with Crippen LogP contribution in [0.2, 0.25) is 0 Å². The summed E-state index contributed by atoms with van der Waals surface area (Å²) < 4.78 is 2.29. The highest BCUT2D eigenvalue weighted by Gasteiger charge is 2.23. The molecule has 164 valence electrons. The molecule has 7 heteroatoms. The van der Waals surface area contributed by atoms with Crippen molar-refractivity contribution in [1.82, 2.24) is 30.3 Å². The predicted octanol–water partition coefficient (Wildman–Crippen LogP) is 2.96. The Morgan fingerprint density at radius 3 is 2.41 bits per heavy atom. The van der Waals surface area contributed by atoms with Crippen LogP contribution in [0.25, 0.3) is 0 Å². The molecule has 0 amide bonds. The van der Waals surface area contributed by atoms with Gasteiger partial charge in [0.2, 0.25) is 0 Å². The number of fused-ring (bicyclic) bond motifs is 1. The van der Waals surface area contributed by atoms with Gasteiger partial charge in [-0.15, -0.1) is 10.2 Å². The van der Waals surface area contributed by atoms with E-state index in [4.69, 9.17) is 4.99 Å². The van der Waals surface area contributed by atoms with Crippen LogP contribution in [0.1, 0.15) is 77.4 Å². The van der Waals surface area contributed by atoms with E-state index in [1.165, 1.54) is 58.0 Å². The van der Waals surface area contributed by atoms with E-state index in [1.54, 1.807) is 0 Å². The van der Waals surface area contributed by atoms with Gasteiger partial charge in [-0.3, -0.25) is 4.90 Å². The highest BCUT2D eigenvalue weighted by molar-refractivity contribution is 5.79. The minimum atomic E-state index is 0.543. The Labute approximate surface area is 176 Å². The van der Waals surface area contributed by atoms with E-state index >= 15 is 0 Å². The zero-order valence-corrected chi connectivity index (χ0v) is 18.8. The van der Waals surface area contributed by atoms with Crippen LogP contribution in [0.4, 0.5) is 0 Å². The van der Waals surface area contributed by atoms with Crippen LogP contribution in [-0.4, -0.2) is 57.8 Å². The second kappa shape index (κ2) is 11.5. The fraction of sp³-hybridized carbons (Fsp3) is 0.864. The number of rotatable bonds is 7. The minimum absolute atomic E-state index is 0.543. The molecule has 1 atom stereocenters. The van der Waals surface area contributed by atoms with Gasteiger partial charge in [-0.05, 0) is 51.6 Å². The maximum absolute atomic E-state index is 4.84. The van der Waals surface area contributed by atoms with Crippen LogP contribution >= 0.6 is 0 Å². The van der Waals surface area contributed by atoms with Crippen molar-refractivity contribution < 1.29 is 0 Å². The summed E-state index contributed by atoms with van der Waals surface area (Å²) in [6.07, 6.45) is 10.2. The fourth-order valence-corrected chi connectivity index (χ4v) is 4.57. The first-order valence-corrected chi connectivity index (χ1v) is 11.9. The maximum atomic E-state index is 4.84. The zero-order valence-electron chi connectivity index (χ0n) is 18.8. The number of hydrogen-bond donors (Lipinski definition) is 2. The topological polar surface area (TPSA) is 70.4 Å². The van der Waals surface area contributed by atoms with Gasteiger partial charge in [0, 0.05) is 32.1 Å². The third-order valence-electron chi connectivity index (χ3n) is 6.27. The van der Waals surface area contributed by atoms with Crippen LogP contribution in [0.5, 0.6) is 0 Å². The molecule has 1 aromatic heterocycles. The van der Waals surface area contributed by atoms with Crippen LogP contribution in [0.3, 0.4) is 0 Å². The first-order valence-electron chi connectivity index (χ1n) is 11.9. The van der Waals surface area contributed by atoms with E-state index in [2.05, 4.69) is 51.1 Å². The first-order chi connectivity index (χ1) is 14.2. The standard InChI is InChI=1S/C22H41N7/c1-4-23-22(24-16-19(18(2)3)28-13-9-5-6-10-14-28)25-17-21-27-26-20-12-8-7-11-15-29(20)21/h18-19H,4-17H2,1-3H3,(H2,23,24,25). The van der Waals surface area contributed by atoms with Crippen molar-refractivity contribution in [3.63, 3.8) is 0 Å². The zero-order chi connectivity index (χ0) is 20.5. The van der Waals surface area contributed by atoms with E-state index in [9.17, 15) is 0 Å². The molecule has 0 aliphatic carbocycles. The summed E-state index contributed by atoms with van der Waals surface area (Å²) in [5.74, 6) is 3.63. The molecule has 7 nitrogen and oxygen atoms in total. The van der Waals surface area contributed by atoms with E-state index in [0.29, 0.717) is 18.5 Å². The Balaban J connectivity index is 1.62. The average Bonchev–Trinajstić information content (AvgIpc) is 2.90. The normalized spacial score (nSPS) is 20.1. The molecule has 1 fully saturated rings. The molecule has 1 aromatic rings. The second-order valence-corrected chi connectivity index (χ2v) is 8.83. The molecular weight excluding hydrogens is 362 g/mol. The summed E-state index contributed by atoms with van der Waals surface area (Å²) in [4.78, 5) is 7.53. The molecule has 2 N–H and O–H groups in total. The van der Waals surface area contributed by atoms with Crippen molar-refractivity contribution in [3.8, 4) is 0 Å². The molecule has 0 aromatic carbocycles. The summed E-state index contributed by atoms with van der Waals surface area (Å²) in [6, 6.07) is 0.543. The highest BCUT2D eigenvalue weighted by atomic mass is 15.3. The average molecular weight is 404 g/mol. The molecule has 0 spiro atoms. The highest BCUT2D eigenvalue weighted by Crippen LogP contribution is 2.17. The van der Waals surface area contributed by atoms with Crippen LogP contribution < -0.4 is 10.6 Å². The van der Waals surface area contributed by atoms with Crippen LogP contribution in [0.15, 0.2) is 4.99 Å². The quantitative estimate of drug-likeness (QED) is 0.541. The third kappa shape index (κ3) is 6.43. The SMILES string of the molecule is CCNC(=NCc1nnc2n1CCCCC2)NCC(C(C)C)N1CCCCCC1. The maximum Gasteiger partial charge on any atom is 0.191 e. The second-order valence-electron chi connectivity index (χ2n) is 8.83. The molecule has 0 bridgehead atoms. The van der Waals surface area contributed by atoms with E-state index in [1.807, 2.05) is 0 Å². The lowest BCUT2D eigenvalue weighted by Crippen LogP contribution is -2.49. The number of hydrogen-bond acceptors (Lipinski definition) is 4. The van der Waals surface area contributed by atoms with Crippen molar-refractivity contribution in [3.05, 3.63) is 11.6 Å². The Kier molecular flexibility index (Phi) is 8.77.